The summed E-state index contributed by atoms with van der Waals surface area (Å²) < 4.78 is 92.7. The molecule has 3 rings (SSSR count). The lowest BCUT2D eigenvalue weighted by Gasteiger charge is -2.30. The molecule has 1 aliphatic heterocycles. The molecular formula is C23H22F7N3O2. The average molecular weight is 505 g/mol. The van der Waals surface area contributed by atoms with Crippen LogP contribution in [0, 0.1) is 6.92 Å². The minimum Gasteiger partial charge on any atom is -0.336 e. The van der Waals surface area contributed by atoms with Gasteiger partial charge in [-0.25, -0.2) is 9.18 Å². The standard InChI is InChI=1S/C23H22F7N3O2/c1-12(2)31-20(35)33-10-9-14-5-4-6-16(18(14)33)19(34)32-17-8-7-15(11-13(17)3)21(24,22(25,26)27)23(28,29)30/h4-8,11-12H,9-10H2,1-3H3,(H,31,35)(H,32,34). The van der Waals surface area contributed by atoms with E-state index in [9.17, 15) is 40.3 Å². The van der Waals surface area contributed by atoms with Crippen molar-refractivity contribution in [3.8, 4) is 0 Å². The summed E-state index contributed by atoms with van der Waals surface area (Å²) >= 11 is 0. The average Bonchev–Trinajstić information content (AvgIpc) is 3.16. The summed E-state index contributed by atoms with van der Waals surface area (Å²) in [4.78, 5) is 27.0. The number of anilines is 2. The van der Waals surface area contributed by atoms with Gasteiger partial charge >= 0.3 is 24.1 Å². The lowest BCUT2D eigenvalue weighted by molar-refractivity contribution is -0.348. The molecule has 0 aliphatic carbocycles. The van der Waals surface area contributed by atoms with Crippen LogP contribution in [0.3, 0.4) is 0 Å². The first-order chi connectivity index (χ1) is 16.1. The Hall–Kier alpha value is -3.31. The highest BCUT2D eigenvalue weighted by molar-refractivity contribution is 6.11. The number of hydrogen-bond acceptors (Lipinski definition) is 2. The van der Waals surface area contributed by atoms with E-state index >= 15 is 0 Å². The number of rotatable bonds is 4. The molecule has 0 saturated heterocycles. The van der Waals surface area contributed by atoms with E-state index in [1.807, 2.05) is 0 Å². The summed E-state index contributed by atoms with van der Waals surface area (Å²) in [5, 5.41) is 5.16. The number of para-hydroxylation sites is 1. The molecule has 1 aliphatic rings. The van der Waals surface area contributed by atoms with Crippen LogP contribution in [-0.4, -0.2) is 36.9 Å². The molecule has 0 fully saturated rings. The van der Waals surface area contributed by atoms with Crippen LogP contribution in [0.1, 0.15) is 40.9 Å². The zero-order valence-corrected chi connectivity index (χ0v) is 18.9. The number of nitrogens with one attached hydrogen (secondary N) is 2. The predicted octanol–water partition coefficient (Wildman–Crippen LogP) is 6.02. The van der Waals surface area contributed by atoms with Gasteiger partial charge in [0.05, 0.1) is 11.3 Å². The van der Waals surface area contributed by atoms with Crippen molar-refractivity contribution in [2.45, 2.75) is 51.3 Å². The van der Waals surface area contributed by atoms with Crippen LogP contribution in [0.2, 0.25) is 0 Å². The Morgan fingerprint density at radius 3 is 2.14 bits per heavy atom. The van der Waals surface area contributed by atoms with Crippen molar-refractivity contribution in [1.29, 1.82) is 0 Å². The molecule has 2 N–H and O–H groups in total. The number of carbonyl (C=O) groups excluding carboxylic acids is 2. The topological polar surface area (TPSA) is 61.4 Å². The van der Waals surface area contributed by atoms with E-state index in [0.29, 0.717) is 30.8 Å². The third-order valence-corrected chi connectivity index (χ3v) is 5.55. The van der Waals surface area contributed by atoms with Gasteiger partial charge in [-0.2, -0.15) is 26.3 Å². The maximum Gasteiger partial charge on any atom is 0.435 e. The highest BCUT2D eigenvalue weighted by Crippen LogP contribution is 2.53. The van der Waals surface area contributed by atoms with Crippen molar-refractivity contribution in [1.82, 2.24) is 5.32 Å². The molecule has 0 atom stereocenters. The van der Waals surface area contributed by atoms with E-state index in [4.69, 9.17) is 0 Å². The first-order valence-corrected chi connectivity index (χ1v) is 10.5. The number of benzene rings is 2. The summed E-state index contributed by atoms with van der Waals surface area (Å²) in [5.74, 6) is -0.736. The van der Waals surface area contributed by atoms with E-state index in [2.05, 4.69) is 10.6 Å². The molecule has 0 spiro atoms. The number of aryl methyl sites for hydroxylation is 1. The second kappa shape index (κ2) is 9.04. The molecule has 0 bridgehead atoms. The number of nitrogens with zero attached hydrogens (tertiary/aromatic N) is 1. The van der Waals surface area contributed by atoms with E-state index < -0.39 is 35.5 Å². The molecule has 5 nitrogen and oxygen atoms in total. The molecule has 3 amide bonds. The molecule has 1 heterocycles. The first-order valence-electron chi connectivity index (χ1n) is 10.5. The van der Waals surface area contributed by atoms with Crippen molar-refractivity contribution in [3.63, 3.8) is 0 Å². The van der Waals surface area contributed by atoms with Crippen molar-refractivity contribution >= 4 is 23.3 Å². The van der Waals surface area contributed by atoms with Gasteiger partial charge in [-0.1, -0.05) is 24.3 Å². The van der Waals surface area contributed by atoms with Gasteiger partial charge in [0.1, 0.15) is 0 Å². The first kappa shape index (κ1) is 26.3. The fourth-order valence-corrected chi connectivity index (χ4v) is 3.86. The molecule has 190 valence electrons. The van der Waals surface area contributed by atoms with Crippen LogP contribution in [0.25, 0.3) is 0 Å². The van der Waals surface area contributed by atoms with Gasteiger partial charge in [0.25, 0.3) is 5.91 Å². The summed E-state index contributed by atoms with van der Waals surface area (Å²) in [7, 11) is 0. The van der Waals surface area contributed by atoms with Crippen LogP contribution in [0.15, 0.2) is 36.4 Å². The lowest BCUT2D eigenvalue weighted by Crippen LogP contribution is -2.50. The fraction of sp³-hybridized carbons (Fsp3) is 0.391. The molecular weight excluding hydrogens is 483 g/mol. The third kappa shape index (κ3) is 4.78. The van der Waals surface area contributed by atoms with Gasteiger partial charge in [-0.05, 0) is 50.5 Å². The molecule has 0 saturated carbocycles. The predicted molar refractivity (Wildman–Crippen MR) is 115 cm³/mol. The Labute approximate surface area is 196 Å². The Kier molecular flexibility index (Phi) is 6.80. The normalized spacial score (nSPS) is 14.2. The molecule has 0 unspecified atom stereocenters. The maximum atomic E-state index is 14.4. The number of alkyl halides is 7. The quantitative estimate of drug-likeness (QED) is 0.500. The molecule has 2 aromatic rings. The highest BCUT2D eigenvalue weighted by atomic mass is 19.4. The van der Waals surface area contributed by atoms with Gasteiger partial charge < -0.3 is 10.6 Å². The van der Waals surface area contributed by atoms with Crippen LogP contribution in [-0.2, 0) is 12.1 Å². The van der Waals surface area contributed by atoms with Crippen LogP contribution in [0.5, 0.6) is 0 Å². The van der Waals surface area contributed by atoms with Gasteiger partial charge in [-0.3, -0.25) is 9.69 Å². The maximum absolute atomic E-state index is 14.4. The van der Waals surface area contributed by atoms with E-state index in [1.54, 1.807) is 26.0 Å². The van der Waals surface area contributed by atoms with Crippen molar-refractivity contribution in [3.05, 3.63) is 58.7 Å². The van der Waals surface area contributed by atoms with Gasteiger partial charge in [0, 0.05) is 23.8 Å². The smallest absolute Gasteiger partial charge is 0.336 e. The monoisotopic (exact) mass is 505 g/mol. The summed E-state index contributed by atoms with van der Waals surface area (Å²) in [6, 6.07) is 5.71. The number of urea groups is 1. The largest absolute Gasteiger partial charge is 0.435 e. The minimum absolute atomic E-state index is 0.0906. The van der Waals surface area contributed by atoms with Crippen molar-refractivity contribution < 1.29 is 40.3 Å². The SMILES string of the molecule is Cc1cc(C(F)(C(F)(F)F)C(F)(F)F)ccc1NC(=O)c1cccc2c1N(C(=O)NC(C)C)CC2. The zero-order chi connectivity index (χ0) is 26.3. The molecule has 2 aromatic carbocycles. The van der Waals surface area contributed by atoms with Gasteiger partial charge in [0.15, 0.2) is 0 Å². The Bertz CT molecular complexity index is 1130. The summed E-state index contributed by atoms with van der Waals surface area (Å²) in [5.41, 5.74) is -6.38. The molecule has 0 radical (unpaired) electrons. The number of halogens is 7. The van der Waals surface area contributed by atoms with Gasteiger partial charge in [0.2, 0.25) is 0 Å². The van der Waals surface area contributed by atoms with Crippen molar-refractivity contribution in [2.24, 2.45) is 0 Å². The van der Waals surface area contributed by atoms with E-state index in [0.717, 1.165) is 18.6 Å². The number of hydrogen-bond donors (Lipinski definition) is 2. The zero-order valence-electron chi connectivity index (χ0n) is 18.9. The third-order valence-electron chi connectivity index (χ3n) is 5.55. The van der Waals surface area contributed by atoms with Crippen LogP contribution < -0.4 is 15.5 Å². The number of carbonyl (C=O) groups is 2. The number of fused-ring (bicyclic) bond motifs is 1. The van der Waals surface area contributed by atoms with Crippen molar-refractivity contribution in [2.75, 3.05) is 16.8 Å². The summed E-state index contributed by atoms with van der Waals surface area (Å²) in [6.45, 7) is 5.00. The second-order valence-electron chi connectivity index (χ2n) is 8.46. The molecule has 35 heavy (non-hydrogen) atoms. The van der Waals surface area contributed by atoms with E-state index in [1.165, 1.54) is 11.0 Å². The Balaban J connectivity index is 1.93. The Morgan fingerprint density at radius 1 is 0.971 bits per heavy atom. The van der Waals surface area contributed by atoms with Gasteiger partial charge in [-0.15, -0.1) is 0 Å². The number of amides is 3. The highest BCUT2D eigenvalue weighted by Gasteiger charge is 2.73. The second-order valence-corrected chi connectivity index (χ2v) is 8.46. The summed E-state index contributed by atoms with van der Waals surface area (Å²) in [6.07, 6.45) is -12.0. The van der Waals surface area contributed by atoms with Crippen LogP contribution in [0.4, 0.5) is 46.9 Å². The molecule has 12 heteroatoms. The molecule has 0 aromatic heterocycles. The van der Waals surface area contributed by atoms with E-state index in [-0.39, 0.29) is 22.9 Å². The lowest BCUT2D eigenvalue weighted by atomic mass is 9.92. The Morgan fingerprint density at radius 2 is 1.60 bits per heavy atom. The fourth-order valence-electron chi connectivity index (χ4n) is 3.86. The minimum atomic E-state index is -6.24. The van der Waals surface area contributed by atoms with Crippen LogP contribution >= 0.6 is 0 Å².